The number of rotatable bonds is 27. The van der Waals surface area contributed by atoms with Gasteiger partial charge in [0.25, 0.3) is 0 Å². The van der Waals surface area contributed by atoms with Crippen LogP contribution in [-0.4, -0.2) is 65.4 Å². The lowest BCUT2D eigenvalue weighted by Gasteiger charge is -2.26. The number of aromatic hydroxyl groups is 3. The molecule has 3 N–H and O–H groups in total. The Morgan fingerprint density at radius 2 is 0.606 bits per heavy atom. The highest BCUT2D eigenvalue weighted by Gasteiger charge is 2.20. The molecule has 11 nitrogen and oxygen atoms in total. The molecule has 0 aromatic heterocycles. The zero-order valence-electron chi connectivity index (χ0n) is 68.2. The van der Waals surface area contributed by atoms with Gasteiger partial charge in [-0.25, -0.2) is 0 Å². The summed E-state index contributed by atoms with van der Waals surface area (Å²) in [4.78, 5) is 0. The standard InChI is InChI=1S/C18H28O2.C16H26O2.C15H22O2.C14H22O2.3C10H14O/c1-4-14(2)16-10-12-18(13-11-16)20-15(3)19-17-8-6-5-7-9-17;1-7-12(2)14-8-10-15(11-9-14)17-13(3)18-16(4,5)6;1-3-12(2)13-7-9-14(10-8-13)17-15-6-4-5-11-16-15;1-5-11(3)13-7-9-14(10-8-13)16-12(4)15-6-2;3*1-3-8(2)9-4-6-10(11)7-5-9/h10-15,17H,4-9H2,1-3H3;8-13H,7H2,1-6H3;7-10,12,15H,3-6,11H2,1-2H3;7-12H,5-6H2,1-4H3;3*4-8,11H,3H2,1-2H3. The zero-order chi connectivity index (χ0) is 77.0. The number of phenols is 3. The summed E-state index contributed by atoms with van der Waals surface area (Å²) in [6.07, 6.45) is 17.5. The van der Waals surface area contributed by atoms with Crippen molar-refractivity contribution in [1.29, 1.82) is 0 Å². The zero-order valence-corrected chi connectivity index (χ0v) is 68.2. The first-order valence-corrected chi connectivity index (χ1v) is 39.7. The molecule has 0 amide bonds. The Balaban J connectivity index is 0.000000319. The molecule has 11 unspecified atom stereocenters. The molecule has 7 aromatic carbocycles. The van der Waals surface area contributed by atoms with Gasteiger partial charge in [-0.1, -0.05) is 201 Å². The van der Waals surface area contributed by atoms with Crippen LogP contribution in [0.15, 0.2) is 170 Å². The predicted molar refractivity (Wildman–Crippen MR) is 436 cm³/mol. The van der Waals surface area contributed by atoms with Gasteiger partial charge in [0, 0.05) is 13.0 Å². The molecule has 1 aliphatic heterocycles. The van der Waals surface area contributed by atoms with Crippen LogP contribution in [0, 0.1) is 0 Å². The molecule has 2 aliphatic rings. The van der Waals surface area contributed by atoms with E-state index in [4.69, 9.17) is 53.2 Å². The van der Waals surface area contributed by atoms with Crippen LogP contribution in [0.1, 0.15) is 322 Å². The van der Waals surface area contributed by atoms with Crippen LogP contribution in [0.2, 0.25) is 0 Å². The van der Waals surface area contributed by atoms with Gasteiger partial charge in [0.15, 0.2) is 25.2 Å². The summed E-state index contributed by atoms with van der Waals surface area (Å²) >= 11 is 0. The fourth-order valence-electron chi connectivity index (χ4n) is 11.4. The minimum Gasteiger partial charge on any atom is -0.508 e. The molecule has 104 heavy (non-hydrogen) atoms. The molecule has 0 radical (unpaired) electrons. The van der Waals surface area contributed by atoms with E-state index >= 15 is 0 Å². The smallest absolute Gasteiger partial charge is 0.199 e. The molecule has 1 saturated heterocycles. The molecule has 11 atom stereocenters. The average Bonchev–Trinajstić information content (AvgIpc) is 0.953. The Morgan fingerprint density at radius 1 is 0.337 bits per heavy atom. The van der Waals surface area contributed by atoms with Crippen LogP contribution in [0.5, 0.6) is 40.2 Å². The Hall–Kier alpha value is -7.02. The minimum absolute atomic E-state index is 0.0433. The Labute approximate surface area is 632 Å². The van der Waals surface area contributed by atoms with Gasteiger partial charge in [-0.05, 0) is 284 Å². The Kier molecular flexibility index (Phi) is 44.9. The van der Waals surface area contributed by atoms with Crippen LogP contribution in [0.25, 0.3) is 0 Å². The van der Waals surface area contributed by atoms with Gasteiger partial charge in [0.05, 0.1) is 18.3 Å². The molecule has 7 aromatic rings. The van der Waals surface area contributed by atoms with Gasteiger partial charge in [0.1, 0.15) is 40.2 Å². The van der Waals surface area contributed by atoms with Crippen LogP contribution in [-0.2, 0) is 18.9 Å². The molecule has 11 heteroatoms. The highest BCUT2D eigenvalue weighted by Crippen LogP contribution is 2.30. The number of benzene rings is 7. The van der Waals surface area contributed by atoms with Crippen molar-refractivity contribution in [3.63, 3.8) is 0 Å². The summed E-state index contributed by atoms with van der Waals surface area (Å²) in [7, 11) is 0. The van der Waals surface area contributed by atoms with Crippen molar-refractivity contribution in [3.8, 4) is 40.2 Å². The van der Waals surface area contributed by atoms with E-state index in [1.165, 1.54) is 90.3 Å². The highest BCUT2D eigenvalue weighted by molar-refractivity contribution is 5.34. The quantitative estimate of drug-likeness (QED) is 0.0425. The topological polar surface area (TPSA) is 135 Å². The van der Waals surface area contributed by atoms with Crippen molar-refractivity contribution in [3.05, 3.63) is 209 Å². The number of phenolic OH excluding ortho intramolecular Hbond substituents is 3. The summed E-state index contributed by atoms with van der Waals surface area (Å²) in [5, 5.41) is 27.0. The van der Waals surface area contributed by atoms with Gasteiger partial charge in [-0.2, -0.15) is 0 Å². The van der Waals surface area contributed by atoms with Crippen LogP contribution in [0.4, 0.5) is 0 Å². The van der Waals surface area contributed by atoms with E-state index in [0.29, 0.717) is 71.4 Å². The summed E-state index contributed by atoms with van der Waals surface area (Å²) in [5.74, 6) is 8.81. The van der Waals surface area contributed by atoms with E-state index in [1.54, 1.807) is 36.4 Å². The second-order valence-corrected chi connectivity index (χ2v) is 29.3. The van der Waals surface area contributed by atoms with Gasteiger partial charge < -0.3 is 53.2 Å². The summed E-state index contributed by atoms with van der Waals surface area (Å²) in [6, 6.07) is 55.7. The third-order valence-electron chi connectivity index (χ3n) is 19.6. The second kappa shape index (κ2) is 51.2. The van der Waals surface area contributed by atoms with Crippen molar-refractivity contribution in [2.24, 2.45) is 0 Å². The molecule has 1 aliphatic carbocycles. The van der Waals surface area contributed by atoms with E-state index < -0.39 is 0 Å². The normalized spacial score (nSPS) is 16.3. The maximum absolute atomic E-state index is 9.01. The maximum atomic E-state index is 9.01. The first kappa shape index (κ1) is 91.2. The van der Waals surface area contributed by atoms with Crippen molar-refractivity contribution in [1.82, 2.24) is 0 Å². The number of hydrogen-bond acceptors (Lipinski definition) is 11. The molecule has 2 fully saturated rings. The molecule has 0 spiro atoms. The maximum Gasteiger partial charge on any atom is 0.199 e. The second-order valence-electron chi connectivity index (χ2n) is 29.3. The van der Waals surface area contributed by atoms with E-state index in [1.807, 2.05) is 109 Å². The average molecular weight is 1430 g/mol. The largest absolute Gasteiger partial charge is 0.508 e. The van der Waals surface area contributed by atoms with E-state index in [2.05, 4.69) is 170 Å². The van der Waals surface area contributed by atoms with Crippen LogP contribution in [0.3, 0.4) is 0 Å². The Bertz CT molecular complexity index is 3080. The first-order valence-electron chi connectivity index (χ1n) is 39.7. The molecule has 578 valence electrons. The molecular weight excluding hydrogens is 1290 g/mol. The van der Waals surface area contributed by atoms with Gasteiger partial charge in [-0.15, -0.1) is 0 Å². The third-order valence-corrected chi connectivity index (χ3v) is 19.6. The third kappa shape index (κ3) is 37.8. The molecule has 1 saturated carbocycles. The lowest BCUT2D eigenvalue weighted by molar-refractivity contribution is -0.140. The van der Waals surface area contributed by atoms with E-state index in [-0.39, 0.29) is 30.8 Å². The number of hydrogen-bond donors (Lipinski definition) is 3. The molecular formula is C93H140O11. The van der Waals surface area contributed by atoms with Crippen molar-refractivity contribution >= 4 is 0 Å². The summed E-state index contributed by atoms with van der Waals surface area (Å²) in [6.45, 7) is 46.2. The lowest BCUT2D eigenvalue weighted by atomic mass is 9.98. The highest BCUT2D eigenvalue weighted by atomic mass is 16.7. The molecule has 9 rings (SSSR count). The fraction of sp³-hybridized carbons (Fsp3) is 0.548. The van der Waals surface area contributed by atoms with Crippen molar-refractivity contribution < 1.29 is 53.2 Å². The fourth-order valence-corrected chi connectivity index (χ4v) is 11.4. The van der Waals surface area contributed by atoms with Gasteiger partial charge >= 0.3 is 0 Å². The van der Waals surface area contributed by atoms with Crippen LogP contribution >= 0.6 is 0 Å². The summed E-state index contributed by atoms with van der Waals surface area (Å²) < 4.78 is 45.6. The van der Waals surface area contributed by atoms with Crippen molar-refractivity contribution in [2.45, 2.75) is 320 Å². The minimum atomic E-state index is -0.237. The monoisotopic (exact) mass is 1430 g/mol. The number of ether oxygens (including phenoxy) is 8. The summed E-state index contributed by atoms with van der Waals surface area (Å²) in [5.41, 5.74) is 9.18. The Morgan fingerprint density at radius 3 is 0.875 bits per heavy atom. The van der Waals surface area contributed by atoms with Crippen molar-refractivity contribution in [2.75, 3.05) is 13.2 Å². The predicted octanol–water partition coefficient (Wildman–Crippen LogP) is 26.8. The van der Waals surface area contributed by atoms with Gasteiger partial charge in [-0.3, -0.25) is 0 Å². The van der Waals surface area contributed by atoms with Gasteiger partial charge in [0.2, 0.25) is 0 Å². The SMILES string of the molecule is CCC(C)c1ccc(O)cc1.CCC(C)c1ccc(O)cc1.CCC(C)c1ccc(O)cc1.CCC(C)c1ccc(OC(C)OC(C)(C)C)cc1.CCC(C)c1ccc(OC(C)OC2CCCCC2)cc1.CCC(C)c1ccc(OC2CCCCO2)cc1.CCOC(C)Oc1ccc(C(C)CC)cc1. The van der Waals surface area contributed by atoms with Crippen LogP contribution < -0.4 is 18.9 Å². The molecule has 0 bridgehead atoms. The van der Waals surface area contributed by atoms with E-state index in [0.717, 1.165) is 74.6 Å². The first-order chi connectivity index (χ1) is 49.7. The lowest BCUT2D eigenvalue weighted by Crippen LogP contribution is -2.29. The molecule has 1 heterocycles. The van der Waals surface area contributed by atoms with E-state index in [9.17, 15) is 0 Å².